The van der Waals surface area contributed by atoms with E-state index in [2.05, 4.69) is 41.1 Å². The molecule has 33 heavy (non-hydrogen) atoms. The van der Waals surface area contributed by atoms with Gasteiger partial charge in [0.25, 0.3) is 5.91 Å². The van der Waals surface area contributed by atoms with Crippen molar-refractivity contribution in [1.29, 1.82) is 0 Å². The van der Waals surface area contributed by atoms with Gasteiger partial charge in [0.1, 0.15) is 18.4 Å². The fourth-order valence-corrected chi connectivity index (χ4v) is 4.77. The summed E-state index contributed by atoms with van der Waals surface area (Å²) in [6.45, 7) is 9.01. The molecule has 2 aromatic rings. The molecule has 2 aromatic carbocycles. The second-order valence-electron chi connectivity index (χ2n) is 8.86. The van der Waals surface area contributed by atoms with E-state index in [1.807, 2.05) is 18.2 Å². The number of fused-ring (bicyclic) bond motifs is 1. The molecule has 2 saturated heterocycles. The summed E-state index contributed by atoms with van der Waals surface area (Å²) in [7, 11) is 0. The fourth-order valence-electron chi connectivity index (χ4n) is 4.77. The molecule has 3 aliphatic rings. The summed E-state index contributed by atoms with van der Waals surface area (Å²) in [6.07, 6.45) is 1.28. The average Bonchev–Trinajstić information content (AvgIpc) is 3.15. The molecular weight excluding hydrogens is 418 g/mol. The highest BCUT2D eigenvalue weighted by molar-refractivity contribution is 6.02. The van der Waals surface area contributed by atoms with Gasteiger partial charge in [-0.05, 0) is 36.1 Å². The smallest absolute Gasteiger partial charge is 0.255 e. The van der Waals surface area contributed by atoms with E-state index in [0.717, 1.165) is 44.0 Å². The summed E-state index contributed by atoms with van der Waals surface area (Å²) in [6, 6.07) is 13.5. The van der Waals surface area contributed by atoms with Gasteiger partial charge >= 0.3 is 0 Å². The van der Waals surface area contributed by atoms with Gasteiger partial charge in [0.05, 0.1) is 19.8 Å². The van der Waals surface area contributed by atoms with E-state index in [-0.39, 0.29) is 11.8 Å². The zero-order chi connectivity index (χ0) is 22.8. The van der Waals surface area contributed by atoms with Crippen LogP contribution in [0.2, 0.25) is 0 Å². The molecule has 0 spiro atoms. The lowest BCUT2D eigenvalue weighted by Gasteiger charge is -2.31. The van der Waals surface area contributed by atoms with Gasteiger partial charge in [-0.15, -0.1) is 0 Å². The van der Waals surface area contributed by atoms with Crippen LogP contribution in [-0.4, -0.2) is 54.0 Å². The third-order valence-corrected chi connectivity index (χ3v) is 6.55. The SMILES string of the molecule is C=C1CCC(N2Cc3c(OCc4cccc(CN5CCOCC5)c4)cccc3C2=O)C(=O)N1. The standard InChI is InChI=1S/C26H29N3O4/c1-18-8-9-23(25(30)27-18)29-16-22-21(26(29)31)6-3-7-24(22)33-17-20-5-2-4-19(14-20)15-28-10-12-32-13-11-28/h2-7,14,23H,1,8-13,15-17H2,(H,27,30). The number of morpholine rings is 1. The maximum Gasteiger partial charge on any atom is 0.255 e. The summed E-state index contributed by atoms with van der Waals surface area (Å²) in [5.41, 5.74) is 4.52. The average molecular weight is 448 g/mol. The fraction of sp³-hybridized carbons (Fsp3) is 0.385. The van der Waals surface area contributed by atoms with Gasteiger partial charge in [-0.3, -0.25) is 14.5 Å². The number of allylic oxidation sites excluding steroid dienone is 1. The molecule has 7 nitrogen and oxygen atoms in total. The van der Waals surface area contributed by atoms with Gasteiger partial charge in [-0.2, -0.15) is 0 Å². The molecule has 3 heterocycles. The maximum atomic E-state index is 13.0. The number of benzene rings is 2. The van der Waals surface area contributed by atoms with Crippen LogP contribution >= 0.6 is 0 Å². The van der Waals surface area contributed by atoms with Gasteiger partial charge in [-0.1, -0.05) is 36.9 Å². The van der Waals surface area contributed by atoms with Crippen LogP contribution in [0.3, 0.4) is 0 Å². The number of carbonyl (C=O) groups is 2. The number of nitrogens with zero attached hydrogens (tertiary/aromatic N) is 2. The van der Waals surface area contributed by atoms with Crippen molar-refractivity contribution >= 4 is 11.8 Å². The van der Waals surface area contributed by atoms with Crippen molar-refractivity contribution in [3.8, 4) is 5.75 Å². The Kier molecular flexibility index (Phi) is 6.15. The third kappa shape index (κ3) is 4.65. The highest BCUT2D eigenvalue weighted by Gasteiger charge is 2.39. The van der Waals surface area contributed by atoms with Crippen LogP contribution in [0.15, 0.2) is 54.7 Å². The minimum atomic E-state index is -0.472. The van der Waals surface area contributed by atoms with Crippen molar-refractivity contribution < 1.29 is 19.1 Å². The van der Waals surface area contributed by atoms with E-state index in [0.29, 0.717) is 43.0 Å². The van der Waals surface area contributed by atoms with E-state index >= 15 is 0 Å². The maximum absolute atomic E-state index is 13.0. The van der Waals surface area contributed by atoms with Crippen LogP contribution in [-0.2, 0) is 29.2 Å². The Morgan fingerprint density at radius 1 is 1.09 bits per heavy atom. The highest BCUT2D eigenvalue weighted by atomic mass is 16.5. The number of rotatable bonds is 6. The van der Waals surface area contributed by atoms with Gasteiger partial charge < -0.3 is 19.7 Å². The number of amides is 2. The third-order valence-electron chi connectivity index (χ3n) is 6.55. The van der Waals surface area contributed by atoms with E-state index in [1.165, 1.54) is 5.56 Å². The molecule has 1 N–H and O–H groups in total. The van der Waals surface area contributed by atoms with Crippen LogP contribution in [0.4, 0.5) is 0 Å². The van der Waals surface area contributed by atoms with Gasteiger partial charge in [0.2, 0.25) is 5.91 Å². The molecule has 172 valence electrons. The molecule has 0 saturated carbocycles. The van der Waals surface area contributed by atoms with Crippen molar-refractivity contribution in [3.63, 3.8) is 0 Å². The number of nitrogens with one attached hydrogen (secondary N) is 1. The first-order valence-corrected chi connectivity index (χ1v) is 11.5. The van der Waals surface area contributed by atoms with Crippen molar-refractivity contribution in [3.05, 3.63) is 77.0 Å². The molecule has 0 aromatic heterocycles. The van der Waals surface area contributed by atoms with Crippen LogP contribution in [0.1, 0.15) is 39.9 Å². The molecule has 1 atom stereocenters. The van der Waals surface area contributed by atoms with Gasteiger partial charge in [-0.25, -0.2) is 0 Å². The molecule has 1 unspecified atom stereocenters. The van der Waals surface area contributed by atoms with Crippen LogP contribution < -0.4 is 10.1 Å². The zero-order valence-electron chi connectivity index (χ0n) is 18.7. The van der Waals surface area contributed by atoms with Gasteiger partial charge in [0, 0.05) is 36.5 Å². The van der Waals surface area contributed by atoms with Crippen molar-refractivity contribution in [2.45, 2.75) is 38.6 Å². The van der Waals surface area contributed by atoms with Crippen molar-refractivity contribution in [2.75, 3.05) is 26.3 Å². The van der Waals surface area contributed by atoms with Gasteiger partial charge in [0.15, 0.2) is 0 Å². The number of carbonyl (C=O) groups excluding carboxylic acids is 2. The second kappa shape index (κ2) is 9.37. The molecule has 7 heteroatoms. The van der Waals surface area contributed by atoms with E-state index < -0.39 is 6.04 Å². The zero-order valence-corrected chi connectivity index (χ0v) is 18.7. The largest absolute Gasteiger partial charge is 0.489 e. The van der Waals surface area contributed by atoms with Crippen molar-refractivity contribution in [1.82, 2.24) is 15.1 Å². The lowest BCUT2D eigenvalue weighted by molar-refractivity contribution is -0.126. The van der Waals surface area contributed by atoms with E-state index in [9.17, 15) is 9.59 Å². The van der Waals surface area contributed by atoms with Crippen LogP contribution in [0, 0.1) is 0 Å². The Hall–Kier alpha value is -3.16. The predicted octanol–water partition coefficient (Wildman–Crippen LogP) is 2.85. The van der Waals surface area contributed by atoms with Crippen LogP contribution in [0.25, 0.3) is 0 Å². The summed E-state index contributed by atoms with van der Waals surface area (Å²) in [4.78, 5) is 29.5. The number of ether oxygens (including phenoxy) is 2. The molecule has 5 rings (SSSR count). The second-order valence-corrected chi connectivity index (χ2v) is 8.86. The minimum absolute atomic E-state index is 0.115. The Bertz CT molecular complexity index is 1080. The summed E-state index contributed by atoms with van der Waals surface area (Å²) < 4.78 is 11.6. The quantitative estimate of drug-likeness (QED) is 0.738. The first-order chi connectivity index (χ1) is 16.1. The van der Waals surface area contributed by atoms with Crippen molar-refractivity contribution in [2.24, 2.45) is 0 Å². The number of hydrogen-bond acceptors (Lipinski definition) is 5. The molecule has 0 bridgehead atoms. The molecule has 0 aliphatic carbocycles. The summed E-state index contributed by atoms with van der Waals surface area (Å²) in [5.74, 6) is 0.421. The van der Waals surface area contributed by atoms with E-state index in [4.69, 9.17) is 9.47 Å². The predicted molar refractivity (Wildman–Crippen MR) is 123 cm³/mol. The Morgan fingerprint density at radius 3 is 2.70 bits per heavy atom. The first kappa shape index (κ1) is 21.7. The lowest BCUT2D eigenvalue weighted by atomic mass is 10.0. The molecule has 2 amide bonds. The normalized spacial score (nSPS) is 21.2. The summed E-state index contributed by atoms with van der Waals surface area (Å²) >= 11 is 0. The molecular formula is C26H29N3O4. The van der Waals surface area contributed by atoms with E-state index in [1.54, 1.807) is 4.90 Å². The summed E-state index contributed by atoms with van der Waals surface area (Å²) in [5, 5.41) is 2.78. The number of hydrogen-bond donors (Lipinski definition) is 1. The molecule has 2 fully saturated rings. The molecule has 0 radical (unpaired) electrons. The minimum Gasteiger partial charge on any atom is -0.489 e. The van der Waals surface area contributed by atoms with Crippen LogP contribution in [0.5, 0.6) is 5.75 Å². The lowest BCUT2D eigenvalue weighted by Crippen LogP contribution is -2.49. The topological polar surface area (TPSA) is 71.1 Å². The Balaban J connectivity index is 1.26. The Labute approximate surface area is 194 Å². The molecule has 3 aliphatic heterocycles. The Morgan fingerprint density at radius 2 is 1.88 bits per heavy atom. The number of piperidine rings is 1. The highest BCUT2D eigenvalue weighted by Crippen LogP contribution is 2.34. The first-order valence-electron chi connectivity index (χ1n) is 11.5. The monoisotopic (exact) mass is 447 g/mol.